The highest BCUT2D eigenvalue weighted by atomic mass is 16.6. The third kappa shape index (κ3) is 1.58. The van der Waals surface area contributed by atoms with E-state index in [0.717, 1.165) is 0 Å². The van der Waals surface area contributed by atoms with E-state index < -0.39 is 10.6 Å². The molecule has 82 valence electrons. The Kier molecular flexibility index (Phi) is 2.28. The SMILES string of the molecule is Cc1n[nH]c(=O)n1-c1cccc([N+](=O)[O-])c1. The Balaban J connectivity index is 2.61. The summed E-state index contributed by atoms with van der Waals surface area (Å²) in [7, 11) is 0. The Labute approximate surface area is 89.5 Å². The van der Waals surface area contributed by atoms with Gasteiger partial charge in [0.1, 0.15) is 5.82 Å². The lowest BCUT2D eigenvalue weighted by molar-refractivity contribution is -0.384. The van der Waals surface area contributed by atoms with Crippen molar-refractivity contribution >= 4 is 5.69 Å². The number of nitrogens with zero attached hydrogens (tertiary/aromatic N) is 3. The number of benzene rings is 1. The highest BCUT2D eigenvalue weighted by Gasteiger charge is 2.10. The fraction of sp³-hybridized carbons (Fsp3) is 0.111. The van der Waals surface area contributed by atoms with Gasteiger partial charge in [-0.3, -0.25) is 10.1 Å². The van der Waals surface area contributed by atoms with Crippen molar-refractivity contribution in [3.63, 3.8) is 0 Å². The molecule has 2 rings (SSSR count). The van der Waals surface area contributed by atoms with Crippen LogP contribution < -0.4 is 5.69 Å². The number of aryl methyl sites for hydroxylation is 1. The van der Waals surface area contributed by atoms with Crippen LogP contribution in [0.1, 0.15) is 5.82 Å². The number of nitro groups is 1. The van der Waals surface area contributed by atoms with Gasteiger partial charge in [-0.1, -0.05) is 6.07 Å². The summed E-state index contributed by atoms with van der Waals surface area (Å²) >= 11 is 0. The van der Waals surface area contributed by atoms with Gasteiger partial charge in [0.05, 0.1) is 10.6 Å². The first-order valence-corrected chi connectivity index (χ1v) is 4.48. The molecule has 0 saturated carbocycles. The molecule has 0 aliphatic carbocycles. The summed E-state index contributed by atoms with van der Waals surface area (Å²) in [4.78, 5) is 21.5. The smallest absolute Gasteiger partial charge is 0.258 e. The van der Waals surface area contributed by atoms with E-state index in [4.69, 9.17) is 0 Å². The number of hydrogen-bond donors (Lipinski definition) is 1. The van der Waals surface area contributed by atoms with E-state index in [9.17, 15) is 14.9 Å². The van der Waals surface area contributed by atoms with Crippen molar-refractivity contribution in [2.45, 2.75) is 6.92 Å². The Bertz CT molecular complexity index is 599. The molecule has 1 heterocycles. The number of aromatic nitrogens is 3. The predicted octanol–water partition coefficient (Wildman–Crippen LogP) is 0.777. The molecule has 2 aromatic rings. The largest absolute Gasteiger partial charge is 0.347 e. The van der Waals surface area contributed by atoms with Crippen LogP contribution in [-0.4, -0.2) is 19.7 Å². The Morgan fingerprint density at radius 2 is 2.25 bits per heavy atom. The summed E-state index contributed by atoms with van der Waals surface area (Å²) < 4.78 is 1.27. The normalized spacial score (nSPS) is 10.3. The van der Waals surface area contributed by atoms with E-state index in [2.05, 4.69) is 10.2 Å². The lowest BCUT2D eigenvalue weighted by Crippen LogP contribution is -2.15. The number of non-ortho nitro benzene ring substituents is 1. The van der Waals surface area contributed by atoms with E-state index in [1.807, 2.05) is 0 Å². The monoisotopic (exact) mass is 220 g/mol. The van der Waals surface area contributed by atoms with Crippen LogP contribution >= 0.6 is 0 Å². The molecule has 1 aromatic carbocycles. The fourth-order valence-electron chi connectivity index (χ4n) is 1.43. The van der Waals surface area contributed by atoms with Gasteiger partial charge < -0.3 is 0 Å². The summed E-state index contributed by atoms with van der Waals surface area (Å²) in [6, 6.07) is 5.82. The highest BCUT2D eigenvalue weighted by molar-refractivity contribution is 5.43. The van der Waals surface area contributed by atoms with Crippen LogP contribution in [0.3, 0.4) is 0 Å². The summed E-state index contributed by atoms with van der Waals surface area (Å²) in [5.41, 5.74) is -0.0616. The van der Waals surface area contributed by atoms with Crippen LogP contribution in [0.25, 0.3) is 5.69 Å². The van der Waals surface area contributed by atoms with Gasteiger partial charge in [0.2, 0.25) is 0 Å². The van der Waals surface area contributed by atoms with Crippen molar-refractivity contribution in [3.05, 3.63) is 50.7 Å². The van der Waals surface area contributed by atoms with Gasteiger partial charge in [0.15, 0.2) is 0 Å². The van der Waals surface area contributed by atoms with E-state index in [0.29, 0.717) is 11.5 Å². The summed E-state index contributed by atoms with van der Waals surface area (Å²) in [5, 5.41) is 16.6. The number of nitro benzene ring substituents is 1. The zero-order valence-corrected chi connectivity index (χ0v) is 8.38. The van der Waals surface area contributed by atoms with Gasteiger partial charge in [-0.25, -0.2) is 14.5 Å². The number of hydrogen-bond acceptors (Lipinski definition) is 4. The summed E-state index contributed by atoms with van der Waals surface area (Å²) in [6.45, 7) is 1.64. The van der Waals surface area contributed by atoms with Crippen molar-refractivity contribution < 1.29 is 4.92 Å². The molecule has 0 aliphatic heterocycles. The van der Waals surface area contributed by atoms with Gasteiger partial charge >= 0.3 is 5.69 Å². The van der Waals surface area contributed by atoms with E-state index in [1.165, 1.54) is 22.8 Å². The van der Waals surface area contributed by atoms with Gasteiger partial charge in [-0.15, -0.1) is 0 Å². The molecule has 1 aromatic heterocycles. The van der Waals surface area contributed by atoms with E-state index in [1.54, 1.807) is 13.0 Å². The van der Waals surface area contributed by atoms with Crippen molar-refractivity contribution in [3.8, 4) is 5.69 Å². The molecular weight excluding hydrogens is 212 g/mol. The third-order valence-electron chi connectivity index (χ3n) is 2.14. The van der Waals surface area contributed by atoms with Crippen LogP contribution in [0, 0.1) is 17.0 Å². The first kappa shape index (κ1) is 10.1. The zero-order chi connectivity index (χ0) is 11.7. The minimum absolute atomic E-state index is 0.0648. The predicted molar refractivity (Wildman–Crippen MR) is 55.6 cm³/mol. The minimum Gasteiger partial charge on any atom is -0.258 e. The maximum atomic E-state index is 11.4. The second kappa shape index (κ2) is 3.61. The van der Waals surface area contributed by atoms with Crippen LogP contribution in [0.4, 0.5) is 5.69 Å². The summed E-state index contributed by atoms with van der Waals surface area (Å²) in [5.74, 6) is 0.450. The number of nitrogens with one attached hydrogen (secondary N) is 1. The fourth-order valence-corrected chi connectivity index (χ4v) is 1.43. The second-order valence-corrected chi connectivity index (χ2v) is 3.19. The van der Waals surface area contributed by atoms with Gasteiger partial charge in [-0.2, -0.15) is 5.10 Å². The van der Waals surface area contributed by atoms with Crippen molar-refractivity contribution in [2.75, 3.05) is 0 Å². The van der Waals surface area contributed by atoms with Crippen molar-refractivity contribution in [2.24, 2.45) is 0 Å². The van der Waals surface area contributed by atoms with Gasteiger partial charge in [0, 0.05) is 12.1 Å². The molecule has 1 N–H and O–H groups in total. The molecule has 0 amide bonds. The molecule has 0 fully saturated rings. The third-order valence-corrected chi connectivity index (χ3v) is 2.14. The number of rotatable bonds is 2. The average Bonchev–Trinajstić information content (AvgIpc) is 2.59. The molecule has 0 bridgehead atoms. The van der Waals surface area contributed by atoms with Crippen LogP contribution in [-0.2, 0) is 0 Å². The minimum atomic E-state index is -0.510. The number of H-pyrrole nitrogens is 1. The standard InChI is InChI=1S/C9H8N4O3/c1-6-10-11-9(14)12(6)7-3-2-4-8(5-7)13(15)16/h2-5H,1H3,(H,11,14). The molecule has 16 heavy (non-hydrogen) atoms. The molecular formula is C9H8N4O3. The second-order valence-electron chi connectivity index (χ2n) is 3.19. The van der Waals surface area contributed by atoms with E-state index >= 15 is 0 Å². The van der Waals surface area contributed by atoms with Crippen LogP contribution in [0.15, 0.2) is 29.1 Å². The van der Waals surface area contributed by atoms with Crippen LogP contribution in [0.2, 0.25) is 0 Å². The van der Waals surface area contributed by atoms with Gasteiger partial charge in [-0.05, 0) is 13.0 Å². The number of aromatic amines is 1. The molecule has 0 atom stereocenters. The lowest BCUT2D eigenvalue weighted by Gasteiger charge is -2.01. The van der Waals surface area contributed by atoms with Crippen molar-refractivity contribution in [1.29, 1.82) is 0 Å². The Morgan fingerprint density at radius 1 is 1.50 bits per heavy atom. The molecule has 0 saturated heterocycles. The van der Waals surface area contributed by atoms with Crippen LogP contribution in [0.5, 0.6) is 0 Å². The van der Waals surface area contributed by atoms with E-state index in [-0.39, 0.29) is 5.69 Å². The molecule has 7 heteroatoms. The lowest BCUT2D eigenvalue weighted by atomic mass is 10.3. The highest BCUT2D eigenvalue weighted by Crippen LogP contribution is 2.15. The average molecular weight is 220 g/mol. The molecule has 0 radical (unpaired) electrons. The Hall–Kier alpha value is -2.44. The zero-order valence-electron chi connectivity index (χ0n) is 8.38. The molecule has 0 spiro atoms. The maximum Gasteiger partial charge on any atom is 0.347 e. The van der Waals surface area contributed by atoms with Gasteiger partial charge in [0.25, 0.3) is 5.69 Å². The molecule has 0 unspecified atom stereocenters. The molecule has 0 aliphatic rings. The molecule has 7 nitrogen and oxygen atoms in total. The topological polar surface area (TPSA) is 93.8 Å². The summed E-state index contributed by atoms with van der Waals surface area (Å²) in [6.07, 6.45) is 0. The first-order chi connectivity index (χ1) is 7.59. The Morgan fingerprint density at radius 3 is 2.81 bits per heavy atom. The maximum absolute atomic E-state index is 11.4. The van der Waals surface area contributed by atoms with Crippen molar-refractivity contribution in [1.82, 2.24) is 14.8 Å². The first-order valence-electron chi connectivity index (χ1n) is 4.48. The quantitative estimate of drug-likeness (QED) is 0.597.